The number of aromatic nitrogens is 4. The number of hydrogen-bond donors (Lipinski definition) is 0. The van der Waals surface area contributed by atoms with E-state index < -0.39 is 0 Å². The summed E-state index contributed by atoms with van der Waals surface area (Å²) in [6.07, 6.45) is 6.16. The van der Waals surface area contributed by atoms with Crippen molar-refractivity contribution >= 4 is 21.7 Å². The highest BCUT2D eigenvalue weighted by atomic mass is 16.1. The molecule has 0 radical (unpaired) electrons. The Balaban J connectivity index is 1.57. The summed E-state index contributed by atoms with van der Waals surface area (Å²) in [5.41, 5.74) is 7.52. The van der Waals surface area contributed by atoms with E-state index in [2.05, 4.69) is 47.0 Å². The first-order chi connectivity index (χ1) is 18.5. The number of pyridine rings is 4. The number of hydrogen-bond acceptors (Lipinski definition) is 4. The van der Waals surface area contributed by atoms with Crippen LogP contribution in [0.2, 0.25) is 0 Å². The van der Waals surface area contributed by atoms with Crippen molar-refractivity contribution in [2.45, 2.75) is 33.1 Å². The SMILES string of the molecule is Cc1cc(-c2cccc3cc([C@H](C)Cc4nccc5cccnc45)n(-c4ccccc4)c(=O)c23)cnc1C. The highest BCUT2D eigenvalue weighted by molar-refractivity contribution is 5.96. The van der Waals surface area contributed by atoms with Crippen LogP contribution in [0.25, 0.3) is 38.5 Å². The van der Waals surface area contributed by atoms with Crippen LogP contribution in [0.5, 0.6) is 0 Å². The van der Waals surface area contributed by atoms with E-state index in [0.29, 0.717) is 11.8 Å². The van der Waals surface area contributed by atoms with Crippen molar-refractivity contribution in [3.63, 3.8) is 0 Å². The van der Waals surface area contributed by atoms with Crippen LogP contribution in [0.4, 0.5) is 0 Å². The van der Waals surface area contributed by atoms with Gasteiger partial charge in [0.25, 0.3) is 5.56 Å². The van der Waals surface area contributed by atoms with Crippen LogP contribution in [0, 0.1) is 13.8 Å². The highest BCUT2D eigenvalue weighted by Crippen LogP contribution is 2.31. The molecule has 0 saturated heterocycles. The van der Waals surface area contributed by atoms with E-state index in [4.69, 9.17) is 0 Å². The molecule has 5 nitrogen and oxygen atoms in total. The summed E-state index contributed by atoms with van der Waals surface area (Å²) >= 11 is 0. The molecule has 0 N–H and O–H groups in total. The van der Waals surface area contributed by atoms with Gasteiger partial charge in [-0.15, -0.1) is 0 Å². The van der Waals surface area contributed by atoms with Gasteiger partial charge in [0, 0.05) is 52.5 Å². The van der Waals surface area contributed by atoms with E-state index in [9.17, 15) is 4.79 Å². The van der Waals surface area contributed by atoms with Crippen molar-refractivity contribution in [3.05, 3.63) is 130 Å². The van der Waals surface area contributed by atoms with Gasteiger partial charge in [0.1, 0.15) is 0 Å². The molecule has 0 aliphatic heterocycles. The maximum absolute atomic E-state index is 14.4. The zero-order valence-electron chi connectivity index (χ0n) is 21.7. The molecule has 0 spiro atoms. The third-order valence-electron chi connectivity index (χ3n) is 7.34. The number of aryl methyl sites for hydroxylation is 2. The van der Waals surface area contributed by atoms with E-state index >= 15 is 0 Å². The third kappa shape index (κ3) is 4.16. The second kappa shape index (κ2) is 9.67. The van der Waals surface area contributed by atoms with E-state index in [-0.39, 0.29) is 11.5 Å². The van der Waals surface area contributed by atoms with Gasteiger partial charge in [0.05, 0.1) is 16.6 Å². The van der Waals surface area contributed by atoms with E-state index in [1.54, 1.807) is 6.20 Å². The number of para-hydroxylation sites is 1. The predicted molar refractivity (Wildman–Crippen MR) is 154 cm³/mol. The van der Waals surface area contributed by atoms with Crippen LogP contribution in [-0.2, 0) is 6.42 Å². The van der Waals surface area contributed by atoms with Crippen LogP contribution >= 0.6 is 0 Å². The Hall–Kier alpha value is -4.64. The Morgan fingerprint density at radius 1 is 0.816 bits per heavy atom. The topological polar surface area (TPSA) is 60.7 Å². The second-order valence-corrected chi connectivity index (χ2v) is 9.88. The minimum Gasteiger partial charge on any atom is -0.280 e. The highest BCUT2D eigenvalue weighted by Gasteiger charge is 2.20. The van der Waals surface area contributed by atoms with Crippen LogP contribution in [0.1, 0.15) is 35.5 Å². The smallest absolute Gasteiger partial charge is 0.263 e. The van der Waals surface area contributed by atoms with Gasteiger partial charge in [0.2, 0.25) is 0 Å². The van der Waals surface area contributed by atoms with Crippen molar-refractivity contribution in [2.24, 2.45) is 0 Å². The van der Waals surface area contributed by atoms with Crippen molar-refractivity contribution in [1.29, 1.82) is 0 Å². The summed E-state index contributed by atoms with van der Waals surface area (Å²) in [4.78, 5) is 28.2. The van der Waals surface area contributed by atoms with Crippen LogP contribution in [0.15, 0.2) is 102 Å². The van der Waals surface area contributed by atoms with Gasteiger partial charge in [-0.2, -0.15) is 0 Å². The average Bonchev–Trinajstić information content (AvgIpc) is 2.94. The van der Waals surface area contributed by atoms with Gasteiger partial charge < -0.3 is 0 Å². The maximum atomic E-state index is 14.4. The zero-order valence-corrected chi connectivity index (χ0v) is 21.7. The minimum atomic E-state index is -0.0339. The van der Waals surface area contributed by atoms with Crippen LogP contribution < -0.4 is 5.56 Å². The first kappa shape index (κ1) is 23.7. The molecule has 0 aliphatic carbocycles. The molecule has 5 heteroatoms. The summed E-state index contributed by atoms with van der Waals surface area (Å²) in [6.45, 7) is 6.20. The Kier molecular flexibility index (Phi) is 6.04. The molecule has 0 aliphatic rings. The summed E-state index contributed by atoms with van der Waals surface area (Å²) in [5, 5.41) is 2.68. The molecule has 0 saturated carbocycles. The largest absolute Gasteiger partial charge is 0.280 e. The van der Waals surface area contributed by atoms with E-state index in [1.165, 1.54) is 0 Å². The second-order valence-electron chi connectivity index (χ2n) is 9.88. The van der Waals surface area contributed by atoms with Gasteiger partial charge in [-0.1, -0.05) is 49.4 Å². The van der Waals surface area contributed by atoms with Crippen molar-refractivity contribution in [2.75, 3.05) is 0 Å². The fraction of sp³-hybridized carbons (Fsp3) is 0.152. The fourth-order valence-corrected chi connectivity index (χ4v) is 5.23. The average molecular weight is 497 g/mol. The van der Waals surface area contributed by atoms with Crippen LogP contribution in [0.3, 0.4) is 0 Å². The monoisotopic (exact) mass is 496 g/mol. The zero-order chi connectivity index (χ0) is 26.2. The molecule has 6 rings (SSSR count). The van der Waals surface area contributed by atoms with E-state index in [0.717, 1.165) is 55.7 Å². The molecule has 0 fully saturated rings. The third-order valence-corrected chi connectivity index (χ3v) is 7.34. The lowest BCUT2D eigenvalue weighted by molar-refractivity contribution is 0.688. The molecule has 4 aromatic heterocycles. The Morgan fingerprint density at radius 3 is 2.45 bits per heavy atom. The van der Waals surface area contributed by atoms with Crippen molar-refractivity contribution in [1.82, 2.24) is 19.5 Å². The molecule has 0 unspecified atom stereocenters. The first-order valence-electron chi connectivity index (χ1n) is 12.9. The van der Waals surface area contributed by atoms with Gasteiger partial charge in [-0.3, -0.25) is 24.3 Å². The maximum Gasteiger partial charge on any atom is 0.263 e. The van der Waals surface area contributed by atoms with Gasteiger partial charge in [0.15, 0.2) is 0 Å². The Bertz CT molecular complexity index is 1850. The van der Waals surface area contributed by atoms with Crippen molar-refractivity contribution in [3.8, 4) is 16.8 Å². The Morgan fingerprint density at radius 2 is 1.63 bits per heavy atom. The molecule has 0 amide bonds. The molecular weight excluding hydrogens is 468 g/mol. The molecule has 6 aromatic rings. The predicted octanol–water partition coefficient (Wildman–Crippen LogP) is 6.96. The van der Waals surface area contributed by atoms with Gasteiger partial charge >= 0.3 is 0 Å². The van der Waals surface area contributed by atoms with Crippen molar-refractivity contribution < 1.29 is 0 Å². The van der Waals surface area contributed by atoms with E-state index in [1.807, 2.05) is 84.5 Å². The molecule has 4 heterocycles. The quantitative estimate of drug-likeness (QED) is 0.259. The summed E-state index contributed by atoms with van der Waals surface area (Å²) in [5.74, 6) is 0.0133. The molecule has 2 aromatic carbocycles. The Labute approximate surface area is 221 Å². The minimum absolute atomic E-state index is 0.0133. The number of benzene rings is 2. The first-order valence-corrected chi connectivity index (χ1v) is 12.9. The summed E-state index contributed by atoms with van der Waals surface area (Å²) in [7, 11) is 0. The molecule has 186 valence electrons. The fourth-order valence-electron chi connectivity index (χ4n) is 5.23. The summed E-state index contributed by atoms with van der Waals surface area (Å²) in [6, 6.07) is 26.2. The lowest BCUT2D eigenvalue weighted by atomic mass is 9.94. The van der Waals surface area contributed by atoms with Crippen LogP contribution in [-0.4, -0.2) is 19.5 Å². The number of fused-ring (bicyclic) bond motifs is 2. The van der Waals surface area contributed by atoms with Gasteiger partial charge in [-0.25, -0.2) is 0 Å². The number of nitrogens with zero attached hydrogens (tertiary/aromatic N) is 4. The lowest BCUT2D eigenvalue weighted by Gasteiger charge is -2.21. The van der Waals surface area contributed by atoms with Gasteiger partial charge in [-0.05, 0) is 73.2 Å². The lowest BCUT2D eigenvalue weighted by Crippen LogP contribution is -2.24. The molecule has 0 bridgehead atoms. The molecular formula is C33H28N4O. The molecule has 38 heavy (non-hydrogen) atoms. The number of rotatable bonds is 5. The summed E-state index contributed by atoms with van der Waals surface area (Å²) < 4.78 is 1.86. The normalized spacial score (nSPS) is 12.2. The standard InChI is InChI=1S/C33H28N4O/c1-21-17-26(20-36-23(21)3)28-13-7-9-25-19-30(37(33(38)31(25)28)27-11-5-4-6-12-27)22(2)18-29-32-24(14-16-34-29)10-8-15-35-32/h4-17,19-20,22H,18H2,1-3H3/t22-/m1/s1. The molecule has 1 atom stereocenters.